The van der Waals surface area contributed by atoms with E-state index in [1.807, 2.05) is 4.90 Å². The number of benzene rings is 1. The molecule has 1 unspecified atom stereocenters. The summed E-state index contributed by atoms with van der Waals surface area (Å²) in [4.78, 5) is 46.5. The van der Waals surface area contributed by atoms with Gasteiger partial charge in [0.05, 0.1) is 17.1 Å². The van der Waals surface area contributed by atoms with E-state index >= 15 is 0 Å². The number of halogens is 1. The van der Waals surface area contributed by atoms with Gasteiger partial charge >= 0.3 is 6.03 Å². The first-order valence-electron chi connectivity index (χ1n) is 10.0. The third-order valence-corrected chi connectivity index (χ3v) is 6.52. The quantitative estimate of drug-likeness (QED) is 0.673. The molecule has 3 N–H and O–H groups in total. The second-order valence-electron chi connectivity index (χ2n) is 8.24. The van der Waals surface area contributed by atoms with E-state index in [2.05, 4.69) is 20.6 Å². The molecule has 3 fully saturated rings. The number of imide groups is 1. The number of nitrogens with one attached hydrogen (secondary N) is 3. The van der Waals surface area contributed by atoms with Crippen LogP contribution < -0.4 is 10.6 Å². The lowest BCUT2D eigenvalue weighted by atomic mass is 9.76. The van der Waals surface area contributed by atoms with Gasteiger partial charge in [0, 0.05) is 12.5 Å². The molecule has 3 heterocycles. The van der Waals surface area contributed by atoms with E-state index in [9.17, 15) is 18.8 Å². The molecule has 9 heteroatoms. The summed E-state index contributed by atoms with van der Waals surface area (Å²) >= 11 is 0. The average Bonchev–Trinajstić information content (AvgIpc) is 3.39. The standard InChI is InChI=1S/C20H22FN5O3/c21-12-3-4-13-14(10-12)23-16(22-13)15-2-1-9-26(15)17(27)11-5-7-20(8-6-11)18(28)24-19(29)25-20/h3-4,10-11,15H,1-2,5-9H2,(H,22,23)(H2,24,25,28,29). The molecule has 1 atom stereocenters. The summed E-state index contributed by atoms with van der Waals surface area (Å²) in [6.07, 6.45) is 3.73. The molecule has 3 aliphatic rings. The fraction of sp³-hybridized carbons (Fsp3) is 0.500. The minimum atomic E-state index is -0.860. The van der Waals surface area contributed by atoms with Crippen LogP contribution >= 0.6 is 0 Å². The van der Waals surface area contributed by atoms with Gasteiger partial charge in [-0.2, -0.15) is 0 Å². The van der Waals surface area contributed by atoms with Gasteiger partial charge in [0.15, 0.2) is 0 Å². The Labute approximate surface area is 166 Å². The average molecular weight is 399 g/mol. The third kappa shape index (κ3) is 2.95. The maximum absolute atomic E-state index is 13.5. The first kappa shape index (κ1) is 18.1. The highest BCUT2D eigenvalue weighted by Crippen LogP contribution is 2.38. The number of hydrogen-bond acceptors (Lipinski definition) is 4. The zero-order valence-corrected chi connectivity index (χ0v) is 15.8. The van der Waals surface area contributed by atoms with E-state index in [-0.39, 0.29) is 29.6 Å². The molecule has 1 saturated carbocycles. The van der Waals surface area contributed by atoms with Crippen molar-refractivity contribution in [3.05, 3.63) is 29.8 Å². The number of fused-ring (bicyclic) bond motifs is 1. The van der Waals surface area contributed by atoms with E-state index in [1.54, 1.807) is 6.07 Å². The number of aromatic nitrogens is 2. The van der Waals surface area contributed by atoms with E-state index in [0.29, 0.717) is 49.1 Å². The van der Waals surface area contributed by atoms with Crippen LogP contribution in [0.2, 0.25) is 0 Å². The maximum atomic E-state index is 13.5. The van der Waals surface area contributed by atoms with Gasteiger partial charge in [-0.25, -0.2) is 14.2 Å². The molecule has 2 aromatic rings. The first-order chi connectivity index (χ1) is 13.9. The number of H-pyrrole nitrogens is 1. The zero-order chi connectivity index (χ0) is 20.2. The largest absolute Gasteiger partial charge is 0.340 e. The number of aromatic amines is 1. The molecular weight excluding hydrogens is 377 g/mol. The molecule has 1 aromatic carbocycles. The molecule has 1 aliphatic carbocycles. The number of nitrogens with zero attached hydrogens (tertiary/aromatic N) is 2. The lowest BCUT2D eigenvalue weighted by Crippen LogP contribution is -2.51. The van der Waals surface area contributed by atoms with Crippen LogP contribution in [-0.2, 0) is 9.59 Å². The summed E-state index contributed by atoms with van der Waals surface area (Å²) in [7, 11) is 0. The van der Waals surface area contributed by atoms with E-state index in [4.69, 9.17) is 0 Å². The monoisotopic (exact) mass is 399 g/mol. The van der Waals surface area contributed by atoms with Crippen molar-refractivity contribution in [1.82, 2.24) is 25.5 Å². The van der Waals surface area contributed by atoms with Crippen molar-refractivity contribution in [1.29, 1.82) is 0 Å². The Kier molecular flexibility index (Phi) is 4.07. The van der Waals surface area contributed by atoms with Crippen molar-refractivity contribution >= 4 is 28.9 Å². The second kappa shape index (κ2) is 6.53. The van der Waals surface area contributed by atoms with Gasteiger partial charge in [-0.05, 0) is 56.7 Å². The Morgan fingerprint density at radius 2 is 2.00 bits per heavy atom. The fourth-order valence-corrected chi connectivity index (χ4v) is 4.95. The Bertz CT molecular complexity index is 1010. The van der Waals surface area contributed by atoms with Gasteiger partial charge in [-0.15, -0.1) is 0 Å². The molecule has 29 heavy (non-hydrogen) atoms. The summed E-state index contributed by atoms with van der Waals surface area (Å²) in [5.74, 6) is -0.0357. The van der Waals surface area contributed by atoms with Crippen molar-refractivity contribution < 1.29 is 18.8 Å². The number of amides is 4. The Balaban J connectivity index is 1.31. The molecule has 2 saturated heterocycles. The molecule has 0 radical (unpaired) electrons. The van der Waals surface area contributed by atoms with Crippen molar-refractivity contribution in [3.8, 4) is 0 Å². The summed E-state index contributed by atoms with van der Waals surface area (Å²) in [6, 6.07) is 3.81. The Morgan fingerprint density at radius 3 is 2.72 bits per heavy atom. The number of rotatable bonds is 2. The number of hydrogen-bond donors (Lipinski definition) is 3. The Hall–Kier alpha value is -2.97. The minimum absolute atomic E-state index is 0.0683. The predicted octanol–water partition coefficient (Wildman–Crippen LogP) is 2.13. The number of urea groups is 1. The molecule has 1 spiro atoms. The van der Waals surface area contributed by atoms with Crippen molar-refractivity contribution in [3.63, 3.8) is 0 Å². The van der Waals surface area contributed by atoms with Gasteiger partial charge in [0.25, 0.3) is 5.91 Å². The van der Waals surface area contributed by atoms with Gasteiger partial charge in [0.1, 0.15) is 17.2 Å². The summed E-state index contributed by atoms with van der Waals surface area (Å²) in [5.41, 5.74) is 0.450. The number of carbonyl (C=O) groups excluding carboxylic acids is 3. The second-order valence-corrected chi connectivity index (χ2v) is 8.24. The highest BCUT2D eigenvalue weighted by Gasteiger charge is 2.49. The van der Waals surface area contributed by atoms with Crippen molar-refractivity contribution in [2.24, 2.45) is 5.92 Å². The lowest BCUT2D eigenvalue weighted by Gasteiger charge is -2.36. The van der Waals surface area contributed by atoms with Crippen LogP contribution in [0.3, 0.4) is 0 Å². The topological polar surface area (TPSA) is 107 Å². The van der Waals surface area contributed by atoms with Gasteiger partial charge < -0.3 is 15.2 Å². The molecule has 1 aromatic heterocycles. The van der Waals surface area contributed by atoms with Gasteiger partial charge in [-0.1, -0.05) is 0 Å². The van der Waals surface area contributed by atoms with Crippen LogP contribution in [0.25, 0.3) is 11.0 Å². The molecule has 2 aliphatic heterocycles. The highest BCUT2D eigenvalue weighted by molar-refractivity contribution is 6.07. The van der Waals surface area contributed by atoms with Crippen LogP contribution in [0.4, 0.5) is 9.18 Å². The molecule has 152 valence electrons. The SMILES string of the molecule is O=C1NC(=O)C2(CCC(C(=O)N3CCCC3c3nc4ccc(F)cc4[nH]3)CC2)N1. The normalized spacial score (nSPS) is 29.5. The van der Waals surface area contributed by atoms with Crippen LogP contribution in [-0.4, -0.2) is 44.8 Å². The summed E-state index contributed by atoms with van der Waals surface area (Å²) in [5, 5.41) is 5.03. The Morgan fingerprint density at radius 1 is 1.21 bits per heavy atom. The van der Waals surface area contributed by atoms with E-state index in [1.165, 1.54) is 12.1 Å². The van der Waals surface area contributed by atoms with Crippen molar-refractivity contribution in [2.75, 3.05) is 6.54 Å². The summed E-state index contributed by atoms with van der Waals surface area (Å²) in [6.45, 7) is 0.660. The lowest BCUT2D eigenvalue weighted by molar-refractivity contribution is -0.139. The fourth-order valence-electron chi connectivity index (χ4n) is 4.95. The molecule has 0 bridgehead atoms. The van der Waals surface area contributed by atoms with Crippen LogP contribution in [0.1, 0.15) is 50.4 Å². The van der Waals surface area contributed by atoms with Crippen molar-refractivity contribution in [2.45, 2.75) is 50.1 Å². The third-order valence-electron chi connectivity index (χ3n) is 6.52. The minimum Gasteiger partial charge on any atom is -0.340 e. The van der Waals surface area contributed by atoms with E-state index < -0.39 is 11.6 Å². The number of likely N-dealkylation sites (tertiary alicyclic amines) is 1. The molecular formula is C20H22FN5O3. The first-order valence-corrected chi connectivity index (χ1v) is 10.0. The maximum Gasteiger partial charge on any atom is 0.322 e. The number of carbonyl (C=O) groups is 3. The smallest absolute Gasteiger partial charge is 0.322 e. The van der Waals surface area contributed by atoms with Gasteiger partial charge in [-0.3, -0.25) is 14.9 Å². The van der Waals surface area contributed by atoms with Crippen LogP contribution in [0, 0.1) is 11.7 Å². The summed E-state index contributed by atoms with van der Waals surface area (Å²) < 4.78 is 13.5. The van der Waals surface area contributed by atoms with Crippen LogP contribution in [0.5, 0.6) is 0 Å². The number of imidazole rings is 1. The van der Waals surface area contributed by atoms with Crippen LogP contribution in [0.15, 0.2) is 18.2 Å². The molecule has 4 amide bonds. The molecule has 8 nitrogen and oxygen atoms in total. The predicted molar refractivity (Wildman–Crippen MR) is 101 cm³/mol. The van der Waals surface area contributed by atoms with E-state index in [0.717, 1.165) is 12.8 Å². The highest BCUT2D eigenvalue weighted by atomic mass is 19.1. The van der Waals surface area contributed by atoms with Gasteiger partial charge in [0.2, 0.25) is 5.91 Å². The zero-order valence-electron chi connectivity index (χ0n) is 15.8. The molecule has 5 rings (SSSR count).